The molecule has 138 valence electrons. The van der Waals surface area contributed by atoms with Crippen molar-refractivity contribution in [3.63, 3.8) is 0 Å². The monoisotopic (exact) mass is 361 g/mol. The summed E-state index contributed by atoms with van der Waals surface area (Å²) in [5, 5.41) is 20.1. The van der Waals surface area contributed by atoms with Crippen LogP contribution in [0.3, 0.4) is 0 Å². The Bertz CT molecular complexity index is 741. The Balaban J connectivity index is 1.67. The van der Waals surface area contributed by atoms with Crippen molar-refractivity contribution in [3.8, 4) is 0 Å². The van der Waals surface area contributed by atoms with E-state index in [2.05, 4.69) is 0 Å². The number of aliphatic hydroxyl groups is 1. The number of nitrogens with zero attached hydrogens (tertiary/aromatic N) is 1. The predicted molar refractivity (Wildman–Crippen MR) is 92.4 cm³/mol. The molecule has 0 saturated carbocycles. The Kier molecular flexibility index (Phi) is 5.64. The van der Waals surface area contributed by atoms with Crippen LogP contribution in [-0.4, -0.2) is 34.2 Å². The summed E-state index contributed by atoms with van der Waals surface area (Å²) in [5.74, 6) is -1.74. The maximum atomic E-state index is 13.1. The summed E-state index contributed by atoms with van der Waals surface area (Å²) in [6.07, 6.45) is 0.555. The Labute approximate surface area is 150 Å². The van der Waals surface area contributed by atoms with Gasteiger partial charge in [0.2, 0.25) is 0 Å². The van der Waals surface area contributed by atoms with E-state index in [9.17, 15) is 23.8 Å². The zero-order chi connectivity index (χ0) is 18.7. The highest BCUT2D eigenvalue weighted by Gasteiger charge is 2.33. The number of halogens is 2. The molecule has 2 aromatic rings. The number of likely N-dealkylation sites (tertiary alicyclic amines) is 1. The number of hydrogen-bond acceptors (Lipinski definition) is 3. The van der Waals surface area contributed by atoms with E-state index in [0.717, 1.165) is 0 Å². The second kappa shape index (κ2) is 7.93. The van der Waals surface area contributed by atoms with E-state index in [1.54, 1.807) is 12.1 Å². The Morgan fingerprint density at radius 2 is 1.38 bits per heavy atom. The van der Waals surface area contributed by atoms with Crippen molar-refractivity contribution in [1.82, 2.24) is 4.90 Å². The van der Waals surface area contributed by atoms with Gasteiger partial charge in [-0.2, -0.15) is 0 Å². The summed E-state index contributed by atoms with van der Waals surface area (Å²) in [4.78, 5) is 13.6. The normalized spacial score (nSPS) is 18.4. The average Bonchev–Trinajstić information content (AvgIpc) is 2.64. The molecule has 1 saturated heterocycles. The standard InChI is InChI=1S/C20H21F2NO3/c21-16-5-1-13(2-6-16)18(20(25)26)23-11-9-15(10-12-23)19(24)14-3-7-17(22)8-4-14/h1-8,15,18-19,24H,9-12H2,(H,25,26). The number of aliphatic hydroxyl groups excluding tert-OH is 1. The van der Waals surface area contributed by atoms with Crippen molar-refractivity contribution in [2.45, 2.75) is 25.0 Å². The average molecular weight is 361 g/mol. The summed E-state index contributed by atoms with van der Waals surface area (Å²) in [5.41, 5.74) is 1.20. The molecule has 0 aromatic heterocycles. The first-order valence-corrected chi connectivity index (χ1v) is 8.61. The van der Waals surface area contributed by atoms with Crippen LogP contribution in [0.1, 0.15) is 36.1 Å². The molecule has 0 aliphatic carbocycles. The molecule has 2 unspecified atom stereocenters. The molecule has 1 aliphatic heterocycles. The highest BCUT2D eigenvalue weighted by Crippen LogP contribution is 2.34. The lowest BCUT2D eigenvalue weighted by molar-refractivity contribution is -0.144. The van der Waals surface area contributed by atoms with Crippen LogP contribution in [-0.2, 0) is 4.79 Å². The number of rotatable bonds is 5. The van der Waals surface area contributed by atoms with E-state index in [0.29, 0.717) is 37.1 Å². The van der Waals surface area contributed by atoms with Gasteiger partial charge in [-0.3, -0.25) is 9.69 Å². The van der Waals surface area contributed by atoms with Crippen molar-refractivity contribution in [1.29, 1.82) is 0 Å². The fraction of sp³-hybridized carbons (Fsp3) is 0.350. The minimum atomic E-state index is -0.978. The van der Waals surface area contributed by atoms with Crippen LogP contribution < -0.4 is 0 Å². The van der Waals surface area contributed by atoms with Crippen LogP contribution in [0.25, 0.3) is 0 Å². The van der Waals surface area contributed by atoms with Crippen molar-refractivity contribution >= 4 is 5.97 Å². The van der Waals surface area contributed by atoms with Gasteiger partial charge < -0.3 is 10.2 Å². The summed E-state index contributed by atoms with van der Waals surface area (Å²) in [6.45, 7) is 1.02. The lowest BCUT2D eigenvalue weighted by atomic mass is 9.86. The molecular weight excluding hydrogens is 340 g/mol. The van der Waals surface area contributed by atoms with E-state index in [1.807, 2.05) is 4.90 Å². The molecule has 1 aliphatic rings. The van der Waals surface area contributed by atoms with Crippen LogP contribution in [0.5, 0.6) is 0 Å². The van der Waals surface area contributed by atoms with Gasteiger partial charge in [0.1, 0.15) is 17.7 Å². The van der Waals surface area contributed by atoms with Crippen LogP contribution in [0.2, 0.25) is 0 Å². The molecule has 3 rings (SSSR count). The number of carboxylic acids is 1. The van der Waals surface area contributed by atoms with Gasteiger partial charge in [0.25, 0.3) is 0 Å². The van der Waals surface area contributed by atoms with Gasteiger partial charge in [0, 0.05) is 0 Å². The van der Waals surface area contributed by atoms with E-state index in [-0.39, 0.29) is 11.7 Å². The molecule has 2 N–H and O–H groups in total. The quantitative estimate of drug-likeness (QED) is 0.855. The highest BCUT2D eigenvalue weighted by molar-refractivity contribution is 5.75. The fourth-order valence-corrected chi connectivity index (χ4v) is 3.58. The first kappa shape index (κ1) is 18.5. The summed E-state index contributed by atoms with van der Waals surface area (Å²) < 4.78 is 26.1. The van der Waals surface area contributed by atoms with Gasteiger partial charge in [-0.25, -0.2) is 8.78 Å². The van der Waals surface area contributed by atoms with Gasteiger partial charge in [-0.1, -0.05) is 24.3 Å². The topological polar surface area (TPSA) is 60.8 Å². The van der Waals surface area contributed by atoms with Crippen molar-refractivity contribution in [3.05, 3.63) is 71.3 Å². The molecule has 0 bridgehead atoms. The molecule has 1 heterocycles. The number of carbonyl (C=O) groups is 1. The molecule has 2 aromatic carbocycles. The molecule has 6 heteroatoms. The maximum absolute atomic E-state index is 13.1. The number of hydrogen-bond donors (Lipinski definition) is 2. The van der Waals surface area contributed by atoms with Gasteiger partial charge in [-0.15, -0.1) is 0 Å². The van der Waals surface area contributed by atoms with Gasteiger partial charge >= 0.3 is 5.97 Å². The molecule has 2 atom stereocenters. The summed E-state index contributed by atoms with van der Waals surface area (Å²) in [7, 11) is 0. The van der Waals surface area contributed by atoms with Crippen molar-refractivity contribution in [2.75, 3.05) is 13.1 Å². The number of carboxylic acid groups (broad SMARTS) is 1. The van der Waals surface area contributed by atoms with Crippen LogP contribution in [0.15, 0.2) is 48.5 Å². The third kappa shape index (κ3) is 4.08. The molecule has 0 radical (unpaired) electrons. The van der Waals surface area contributed by atoms with Crippen LogP contribution >= 0.6 is 0 Å². The lowest BCUT2D eigenvalue weighted by Crippen LogP contribution is -2.41. The Morgan fingerprint density at radius 3 is 1.85 bits per heavy atom. The second-order valence-electron chi connectivity index (χ2n) is 6.66. The highest BCUT2D eigenvalue weighted by atomic mass is 19.1. The second-order valence-corrected chi connectivity index (χ2v) is 6.66. The van der Waals surface area contributed by atoms with E-state index >= 15 is 0 Å². The summed E-state index contributed by atoms with van der Waals surface area (Å²) >= 11 is 0. The van der Waals surface area contributed by atoms with Crippen molar-refractivity contribution in [2.24, 2.45) is 5.92 Å². The Morgan fingerprint density at radius 1 is 0.923 bits per heavy atom. The molecule has 26 heavy (non-hydrogen) atoms. The van der Waals surface area contributed by atoms with Gasteiger partial charge in [0.15, 0.2) is 0 Å². The fourth-order valence-electron chi connectivity index (χ4n) is 3.58. The smallest absolute Gasteiger partial charge is 0.325 e. The predicted octanol–water partition coefficient (Wildman–Crippen LogP) is 3.54. The molecule has 1 fully saturated rings. The first-order chi connectivity index (χ1) is 12.5. The lowest BCUT2D eigenvalue weighted by Gasteiger charge is -2.37. The van der Waals surface area contributed by atoms with Gasteiger partial charge in [-0.05, 0) is 67.2 Å². The third-order valence-electron chi connectivity index (χ3n) is 5.02. The minimum absolute atomic E-state index is 0.0145. The third-order valence-corrected chi connectivity index (χ3v) is 5.02. The van der Waals surface area contributed by atoms with Crippen LogP contribution in [0, 0.1) is 17.6 Å². The maximum Gasteiger partial charge on any atom is 0.325 e. The number of piperidine rings is 1. The molecular formula is C20H21F2NO3. The number of aliphatic carboxylic acids is 1. The molecule has 0 spiro atoms. The minimum Gasteiger partial charge on any atom is -0.480 e. The zero-order valence-corrected chi connectivity index (χ0v) is 14.2. The van der Waals surface area contributed by atoms with E-state index < -0.39 is 23.9 Å². The summed E-state index contributed by atoms with van der Waals surface area (Å²) in [6, 6.07) is 10.5. The first-order valence-electron chi connectivity index (χ1n) is 8.61. The number of benzene rings is 2. The molecule has 4 nitrogen and oxygen atoms in total. The van der Waals surface area contributed by atoms with Crippen molar-refractivity contribution < 1.29 is 23.8 Å². The molecule has 0 amide bonds. The SMILES string of the molecule is O=C(O)C(c1ccc(F)cc1)N1CCC(C(O)c2ccc(F)cc2)CC1. The van der Waals surface area contributed by atoms with Gasteiger partial charge in [0.05, 0.1) is 6.10 Å². The van der Waals surface area contributed by atoms with E-state index in [4.69, 9.17) is 0 Å². The largest absolute Gasteiger partial charge is 0.480 e. The zero-order valence-electron chi connectivity index (χ0n) is 14.2. The van der Waals surface area contributed by atoms with E-state index in [1.165, 1.54) is 36.4 Å². The van der Waals surface area contributed by atoms with Crippen LogP contribution in [0.4, 0.5) is 8.78 Å². The Hall–Kier alpha value is -2.31.